The van der Waals surface area contributed by atoms with Crippen LogP contribution in [0.3, 0.4) is 0 Å². The van der Waals surface area contributed by atoms with E-state index in [2.05, 4.69) is 10.5 Å². The van der Waals surface area contributed by atoms with Gasteiger partial charge >= 0.3 is 5.97 Å². The lowest BCUT2D eigenvalue weighted by Gasteiger charge is -2.13. The van der Waals surface area contributed by atoms with Crippen LogP contribution in [0.15, 0.2) is 33.8 Å². The fourth-order valence-corrected chi connectivity index (χ4v) is 3.24. The van der Waals surface area contributed by atoms with Gasteiger partial charge in [-0.2, -0.15) is 5.10 Å². The highest BCUT2D eigenvalue weighted by atomic mass is 35.5. The Morgan fingerprint density at radius 1 is 1.33 bits per heavy atom. The molecule has 0 spiro atoms. The van der Waals surface area contributed by atoms with E-state index in [-0.39, 0.29) is 11.7 Å². The first kappa shape index (κ1) is 19.2. The van der Waals surface area contributed by atoms with Gasteiger partial charge in [0.15, 0.2) is 0 Å². The summed E-state index contributed by atoms with van der Waals surface area (Å²) >= 11 is 5.92. The molecule has 0 bridgehead atoms. The number of furan rings is 1. The Balaban J connectivity index is 1.83. The minimum atomic E-state index is -0.467. The molecule has 0 aliphatic heterocycles. The minimum absolute atomic E-state index is 0.212. The molecule has 0 atom stereocenters. The van der Waals surface area contributed by atoms with Crippen molar-refractivity contribution in [3.8, 4) is 0 Å². The topological polar surface area (TPSA) is 80.9 Å². The SMILES string of the molecule is CCCOC(=O)c1oc2c(c1C)/C(=N/NC(=O)c1cccc(Cl)c1)CCC2. The van der Waals surface area contributed by atoms with E-state index in [1.807, 2.05) is 13.8 Å². The minimum Gasteiger partial charge on any atom is -0.460 e. The molecule has 7 heteroatoms. The maximum atomic E-state index is 12.3. The Kier molecular flexibility index (Phi) is 5.96. The summed E-state index contributed by atoms with van der Waals surface area (Å²) in [7, 11) is 0. The van der Waals surface area contributed by atoms with E-state index in [1.54, 1.807) is 24.3 Å². The zero-order valence-electron chi connectivity index (χ0n) is 15.3. The average molecular weight is 389 g/mol. The average Bonchev–Trinajstić information content (AvgIpc) is 3.01. The van der Waals surface area contributed by atoms with E-state index in [1.165, 1.54) is 0 Å². The highest BCUT2D eigenvalue weighted by molar-refractivity contribution is 6.31. The fourth-order valence-electron chi connectivity index (χ4n) is 3.05. The summed E-state index contributed by atoms with van der Waals surface area (Å²) in [4.78, 5) is 24.5. The normalized spacial score (nSPS) is 14.7. The number of amides is 1. The number of nitrogens with one attached hydrogen (secondary N) is 1. The van der Waals surface area contributed by atoms with Crippen LogP contribution in [0.4, 0.5) is 0 Å². The smallest absolute Gasteiger partial charge is 0.374 e. The van der Waals surface area contributed by atoms with E-state index in [0.717, 1.165) is 24.8 Å². The van der Waals surface area contributed by atoms with Crippen molar-refractivity contribution in [1.82, 2.24) is 5.43 Å². The summed E-state index contributed by atoms with van der Waals surface area (Å²) in [6.07, 6.45) is 2.98. The molecule has 1 aliphatic rings. The van der Waals surface area contributed by atoms with Crippen molar-refractivity contribution in [2.45, 2.75) is 39.5 Å². The number of nitrogens with zero attached hydrogens (tertiary/aromatic N) is 1. The molecule has 0 radical (unpaired) electrons. The zero-order chi connectivity index (χ0) is 19.4. The second-order valence-corrected chi connectivity index (χ2v) is 6.79. The van der Waals surface area contributed by atoms with E-state index >= 15 is 0 Å². The number of carbonyl (C=O) groups is 2. The third kappa shape index (κ3) is 4.22. The summed E-state index contributed by atoms with van der Waals surface area (Å²) in [5.74, 6) is 0.106. The summed E-state index contributed by atoms with van der Waals surface area (Å²) in [6, 6.07) is 6.65. The number of benzene rings is 1. The number of esters is 1. The van der Waals surface area contributed by atoms with Crippen molar-refractivity contribution in [1.29, 1.82) is 0 Å². The zero-order valence-corrected chi connectivity index (χ0v) is 16.1. The molecule has 2 aromatic rings. The van der Waals surface area contributed by atoms with Crippen LogP contribution >= 0.6 is 11.6 Å². The molecular formula is C20H21ClN2O4. The van der Waals surface area contributed by atoms with Gasteiger partial charge < -0.3 is 9.15 Å². The molecule has 3 rings (SSSR count). The van der Waals surface area contributed by atoms with Crippen LogP contribution in [0.1, 0.15) is 64.0 Å². The highest BCUT2D eigenvalue weighted by Gasteiger charge is 2.28. The van der Waals surface area contributed by atoms with Crippen molar-refractivity contribution in [3.05, 3.63) is 57.5 Å². The third-order valence-corrected chi connectivity index (χ3v) is 4.56. The van der Waals surface area contributed by atoms with E-state index in [9.17, 15) is 9.59 Å². The standard InChI is InChI=1S/C20H21ClN2O4/c1-3-10-26-20(25)18-12(2)17-15(8-5-9-16(17)27-18)22-23-19(24)13-6-4-7-14(21)11-13/h4,6-7,11H,3,5,8-10H2,1-2H3,(H,23,24)/b22-15+. The van der Waals surface area contributed by atoms with E-state index in [0.29, 0.717) is 40.6 Å². The van der Waals surface area contributed by atoms with Gasteiger partial charge in [0.2, 0.25) is 5.76 Å². The Hall–Kier alpha value is -2.60. The number of aryl methyl sites for hydroxylation is 1. The number of carbonyl (C=O) groups excluding carboxylic acids is 2. The van der Waals surface area contributed by atoms with Gasteiger partial charge in [-0.3, -0.25) is 4.79 Å². The van der Waals surface area contributed by atoms with Crippen molar-refractivity contribution in [3.63, 3.8) is 0 Å². The molecule has 1 aromatic carbocycles. The van der Waals surface area contributed by atoms with Crippen LogP contribution in [0.5, 0.6) is 0 Å². The van der Waals surface area contributed by atoms with Crippen molar-refractivity contribution in [2.24, 2.45) is 5.10 Å². The molecule has 142 valence electrons. The fraction of sp³-hybridized carbons (Fsp3) is 0.350. The first-order valence-corrected chi connectivity index (χ1v) is 9.31. The maximum Gasteiger partial charge on any atom is 0.374 e. The van der Waals surface area contributed by atoms with Crippen LogP contribution in [-0.4, -0.2) is 24.2 Å². The Morgan fingerprint density at radius 3 is 2.89 bits per heavy atom. The molecule has 1 amide bonds. The van der Waals surface area contributed by atoms with Gasteiger partial charge in [0.05, 0.1) is 12.3 Å². The lowest BCUT2D eigenvalue weighted by molar-refractivity contribution is 0.0465. The monoisotopic (exact) mass is 388 g/mol. The molecule has 1 aliphatic carbocycles. The summed E-state index contributed by atoms with van der Waals surface area (Å²) in [5.41, 5.74) is 5.18. The van der Waals surface area contributed by atoms with Gasteiger partial charge in [-0.25, -0.2) is 10.2 Å². The predicted molar refractivity (Wildman–Crippen MR) is 102 cm³/mol. The summed E-state index contributed by atoms with van der Waals surface area (Å²) in [6.45, 7) is 4.09. The lowest BCUT2D eigenvalue weighted by atomic mass is 9.93. The third-order valence-electron chi connectivity index (χ3n) is 4.33. The van der Waals surface area contributed by atoms with Gasteiger partial charge in [-0.05, 0) is 44.4 Å². The molecule has 0 unspecified atom stereocenters. The molecule has 1 heterocycles. The molecule has 1 N–H and O–H groups in total. The van der Waals surface area contributed by atoms with Crippen molar-refractivity contribution in [2.75, 3.05) is 6.61 Å². The van der Waals surface area contributed by atoms with Gasteiger partial charge in [0.25, 0.3) is 5.91 Å². The molecular weight excluding hydrogens is 368 g/mol. The second-order valence-electron chi connectivity index (χ2n) is 6.35. The van der Waals surface area contributed by atoms with Crippen LogP contribution in [0.2, 0.25) is 5.02 Å². The van der Waals surface area contributed by atoms with Gasteiger partial charge in [0.1, 0.15) is 5.76 Å². The van der Waals surface area contributed by atoms with Crippen LogP contribution < -0.4 is 5.43 Å². The number of hydrogen-bond donors (Lipinski definition) is 1. The maximum absolute atomic E-state index is 12.3. The van der Waals surface area contributed by atoms with Crippen LogP contribution in [-0.2, 0) is 11.2 Å². The molecule has 0 fully saturated rings. The highest BCUT2D eigenvalue weighted by Crippen LogP contribution is 2.30. The Morgan fingerprint density at radius 2 is 2.15 bits per heavy atom. The molecule has 6 nitrogen and oxygen atoms in total. The Bertz CT molecular complexity index is 901. The number of ether oxygens (including phenoxy) is 1. The quantitative estimate of drug-likeness (QED) is 0.612. The van der Waals surface area contributed by atoms with Gasteiger partial charge in [-0.1, -0.05) is 24.6 Å². The number of rotatable bonds is 5. The molecule has 0 saturated carbocycles. The van der Waals surface area contributed by atoms with Gasteiger partial charge in [0, 0.05) is 28.1 Å². The molecule has 27 heavy (non-hydrogen) atoms. The summed E-state index contributed by atoms with van der Waals surface area (Å²) < 4.78 is 10.9. The first-order chi connectivity index (χ1) is 13.0. The predicted octanol–water partition coefficient (Wildman–Crippen LogP) is 4.28. The van der Waals surface area contributed by atoms with Crippen LogP contribution in [0, 0.1) is 6.92 Å². The summed E-state index contributed by atoms with van der Waals surface area (Å²) in [5, 5.41) is 4.77. The lowest BCUT2D eigenvalue weighted by Crippen LogP contribution is -2.22. The van der Waals surface area contributed by atoms with E-state index < -0.39 is 5.97 Å². The van der Waals surface area contributed by atoms with Crippen LogP contribution in [0.25, 0.3) is 0 Å². The molecule has 1 aromatic heterocycles. The van der Waals surface area contributed by atoms with Gasteiger partial charge in [-0.15, -0.1) is 0 Å². The largest absolute Gasteiger partial charge is 0.460 e. The number of hydrogen-bond acceptors (Lipinski definition) is 5. The van der Waals surface area contributed by atoms with E-state index in [4.69, 9.17) is 20.8 Å². The second kappa shape index (κ2) is 8.39. The number of hydrazone groups is 1. The van der Waals surface area contributed by atoms with Crippen molar-refractivity contribution < 1.29 is 18.7 Å². The molecule has 0 saturated heterocycles. The number of halogens is 1. The first-order valence-electron chi connectivity index (χ1n) is 8.93. The number of fused-ring (bicyclic) bond motifs is 1. The van der Waals surface area contributed by atoms with Crippen molar-refractivity contribution >= 4 is 29.2 Å². The Labute approximate surface area is 162 Å².